The Morgan fingerprint density at radius 2 is 2.33 bits per heavy atom. The third-order valence-electron chi connectivity index (χ3n) is 2.52. The van der Waals surface area contributed by atoms with Gasteiger partial charge in [0.05, 0.1) is 6.26 Å². The van der Waals surface area contributed by atoms with E-state index < -0.39 is 0 Å². The molecular formula is C12H19NO2. The Balaban J connectivity index is 2.21. The Labute approximate surface area is 90.8 Å². The van der Waals surface area contributed by atoms with Crippen molar-refractivity contribution in [1.82, 2.24) is 5.32 Å². The van der Waals surface area contributed by atoms with Crippen LogP contribution in [0, 0.1) is 5.92 Å². The monoisotopic (exact) mass is 209 g/mol. The van der Waals surface area contributed by atoms with E-state index in [1.807, 2.05) is 31.2 Å². The molecule has 2 atom stereocenters. The Morgan fingerprint density at radius 3 is 2.93 bits per heavy atom. The zero-order valence-corrected chi connectivity index (χ0v) is 9.31. The van der Waals surface area contributed by atoms with E-state index in [4.69, 9.17) is 9.52 Å². The maximum atomic E-state index is 8.94. The normalized spacial score (nSPS) is 15.7. The van der Waals surface area contributed by atoms with E-state index in [2.05, 4.69) is 12.2 Å². The van der Waals surface area contributed by atoms with Gasteiger partial charge in [0.25, 0.3) is 0 Å². The molecule has 1 heterocycles. The van der Waals surface area contributed by atoms with E-state index in [-0.39, 0.29) is 12.5 Å². The van der Waals surface area contributed by atoms with Crippen LogP contribution in [-0.2, 0) is 0 Å². The molecule has 0 aromatic carbocycles. The third kappa shape index (κ3) is 4.32. The molecule has 2 N–H and O–H groups in total. The molecule has 0 saturated carbocycles. The zero-order valence-electron chi connectivity index (χ0n) is 9.31. The summed E-state index contributed by atoms with van der Waals surface area (Å²) < 4.78 is 5.15. The summed E-state index contributed by atoms with van der Waals surface area (Å²) in [6.07, 6.45) is 5.60. The lowest BCUT2D eigenvalue weighted by atomic mass is 10.1. The van der Waals surface area contributed by atoms with Crippen LogP contribution >= 0.6 is 0 Å². The molecule has 1 aromatic heterocycles. The van der Waals surface area contributed by atoms with E-state index in [0.717, 1.165) is 12.3 Å². The first kappa shape index (κ1) is 12.0. The fraction of sp³-hybridized carbons (Fsp3) is 0.500. The number of hydrogen-bond donors (Lipinski definition) is 2. The van der Waals surface area contributed by atoms with Gasteiger partial charge in [-0.2, -0.15) is 0 Å². The van der Waals surface area contributed by atoms with E-state index in [0.29, 0.717) is 6.04 Å². The van der Waals surface area contributed by atoms with Crippen molar-refractivity contribution in [2.75, 3.05) is 13.2 Å². The molecule has 0 spiro atoms. The van der Waals surface area contributed by atoms with Crippen LogP contribution in [0.4, 0.5) is 0 Å². The molecule has 84 valence electrons. The Morgan fingerprint density at radius 1 is 1.53 bits per heavy atom. The summed E-state index contributed by atoms with van der Waals surface area (Å²) in [5.41, 5.74) is 0. The van der Waals surface area contributed by atoms with Crippen LogP contribution in [0.5, 0.6) is 0 Å². The first-order chi connectivity index (χ1) is 7.24. The van der Waals surface area contributed by atoms with Crippen molar-refractivity contribution in [3.63, 3.8) is 0 Å². The van der Waals surface area contributed by atoms with Crippen LogP contribution in [0.15, 0.2) is 28.9 Å². The van der Waals surface area contributed by atoms with Gasteiger partial charge in [-0.15, -0.1) is 0 Å². The Kier molecular flexibility index (Phi) is 5.15. The van der Waals surface area contributed by atoms with Gasteiger partial charge in [0.1, 0.15) is 5.76 Å². The number of aliphatic hydroxyl groups is 1. The van der Waals surface area contributed by atoms with Crippen molar-refractivity contribution in [1.29, 1.82) is 0 Å². The topological polar surface area (TPSA) is 45.4 Å². The van der Waals surface area contributed by atoms with E-state index in [1.165, 1.54) is 0 Å². The van der Waals surface area contributed by atoms with Gasteiger partial charge in [-0.25, -0.2) is 0 Å². The summed E-state index contributed by atoms with van der Waals surface area (Å²) in [6, 6.07) is 4.09. The summed E-state index contributed by atoms with van der Waals surface area (Å²) in [4.78, 5) is 0. The fourth-order valence-electron chi connectivity index (χ4n) is 1.17. The number of furan rings is 1. The molecule has 15 heavy (non-hydrogen) atoms. The summed E-state index contributed by atoms with van der Waals surface area (Å²) in [5.74, 6) is 1.14. The third-order valence-corrected chi connectivity index (χ3v) is 2.52. The van der Waals surface area contributed by atoms with Crippen molar-refractivity contribution in [2.45, 2.75) is 19.9 Å². The van der Waals surface area contributed by atoms with Crippen LogP contribution in [0.25, 0.3) is 6.08 Å². The van der Waals surface area contributed by atoms with Gasteiger partial charge in [0.2, 0.25) is 0 Å². The molecule has 1 aromatic rings. The maximum absolute atomic E-state index is 8.94. The molecule has 0 aliphatic carbocycles. The average molecular weight is 209 g/mol. The highest BCUT2D eigenvalue weighted by atomic mass is 16.3. The molecule has 0 fully saturated rings. The van der Waals surface area contributed by atoms with Gasteiger partial charge in [-0.3, -0.25) is 0 Å². The standard InChI is InChI=1S/C12H19NO2/c1-10(9-14)11(2)13-7-3-5-12-6-4-8-15-12/h3-6,8,10-11,13-14H,7,9H2,1-2H3/b5-3+. The number of hydrogen-bond acceptors (Lipinski definition) is 3. The molecule has 0 aliphatic heterocycles. The quantitative estimate of drug-likeness (QED) is 0.752. The second kappa shape index (κ2) is 6.43. The maximum Gasteiger partial charge on any atom is 0.126 e. The van der Waals surface area contributed by atoms with Gasteiger partial charge in [-0.1, -0.05) is 13.0 Å². The van der Waals surface area contributed by atoms with Crippen molar-refractivity contribution in [3.8, 4) is 0 Å². The molecule has 0 saturated heterocycles. The number of nitrogens with one attached hydrogen (secondary N) is 1. The molecule has 1 rings (SSSR count). The Hall–Kier alpha value is -1.06. The molecule has 2 unspecified atom stereocenters. The highest BCUT2D eigenvalue weighted by Gasteiger charge is 2.08. The summed E-state index contributed by atoms with van der Waals surface area (Å²) >= 11 is 0. The predicted octanol–water partition coefficient (Wildman–Crippen LogP) is 1.90. The second-order valence-corrected chi connectivity index (χ2v) is 3.77. The van der Waals surface area contributed by atoms with Crippen LogP contribution < -0.4 is 5.32 Å². The summed E-state index contributed by atoms with van der Waals surface area (Å²) in [6.45, 7) is 5.10. The minimum Gasteiger partial charge on any atom is -0.465 e. The minimum atomic E-state index is 0.218. The second-order valence-electron chi connectivity index (χ2n) is 3.77. The minimum absolute atomic E-state index is 0.218. The van der Waals surface area contributed by atoms with Crippen molar-refractivity contribution in [3.05, 3.63) is 30.2 Å². The lowest BCUT2D eigenvalue weighted by Crippen LogP contribution is -2.33. The van der Waals surface area contributed by atoms with Crippen molar-refractivity contribution < 1.29 is 9.52 Å². The van der Waals surface area contributed by atoms with E-state index in [9.17, 15) is 0 Å². The zero-order chi connectivity index (χ0) is 11.1. The largest absolute Gasteiger partial charge is 0.465 e. The molecule has 3 nitrogen and oxygen atoms in total. The number of aliphatic hydroxyl groups excluding tert-OH is 1. The lowest BCUT2D eigenvalue weighted by molar-refractivity contribution is 0.209. The van der Waals surface area contributed by atoms with E-state index in [1.54, 1.807) is 6.26 Å². The highest BCUT2D eigenvalue weighted by molar-refractivity contribution is 5.42. The number of rotatable bonds is 6. The van der Waals surface area contributed by atoms with Crippen LogP contribution in [0.2, 0.25) is 0 Å². The summed E-state index contributed by atoms with van der Waals surface area (Å²) in [7, 11) is 0. The van der Waals surface area contributed by atoms with Gasteiger partial charge in [-0.05, 0) is 31.1 Å². The Bertz CT molecular complexity index is 280. The lowest BCUT2D eigenvalue weighted by Gasteiger charge is -2.17. The van der Waals surface area contributed by atoms with Gasteiger partial charge in [0, 0.05) is 19.2 Å². The first-order valence-corrected chi connectivity index (χ1v) is 5.28. The van der Waals surface area contributed by atoms with Crippen molar-refractivity contribution >= 4 is 6.08 Å². The van der Waals surface area contributed by atoms with Crippen LogP contribution in [-0.4, -0.2) is 24.3 Å². The molecule has 0 bridgehead atoms. The van der Waals surface area contributed by atoms with Crippen molar-refractivity contribution in [2.24, 2.45) is 5.92 Å². The molecular weight excluding hydrogens is 190 g/mol. The average Bonchev–Trinajstić information content (AvgIpc) is 2.75. The SMILES string of the molecule is CC(CO)C(C)NC/C=C/c1ccco1. The highest BCUT2D eigenvalue weighted by Crippen LogP contribution is 2.02. The van der Waals surface area contributed by atoms with E-state index >= 15 is 0 Å². The summed E-state index contributed by atoms with van der Waals surface area (Å²) in [5, 5.41) is 12.2. The van der Waals surface area contributed by atoms with Gasteiger partial charge < -0.3 is 14.8 Å². The molecule has 0 radical (unpaired) electrons. The molecule has 3 heteroatoms. The van der Waals surface area contributed by atoms with Gasteiger partial charge >= 0.3 is 0 Å². The molecule has 0 aliphatic rings. The smallest absolute Gasteiger partial charge is 0.126 e. The first-order valence-electron chi connectivity index (χ1n) is 5.28. The van der Waals surface area contributed by atoms with Gasteiger partial charge in [0.15, 0.2) is 0 Å². The molecule has 0 amide bonds. The van der Waals surface area contributed by atoms with Crippen LogP contribution in [0.1, 0.15) is 19.6 Å². The fourth-order valence-corrected chi connectivity index (χ4v) is 1.17. The predicted molar refractivity (Wildman–Crippen MR) is 61.5 cm³/mol. The van der Waals surface area contributed by atoms with Crippen LogP contribution in [0.3, 0.4) is 0 Å².